The Morgan fingerprint density at radius 1 is 1.09 bits per heavy atom. The molecule has 1 heterocycles. The van der Waals surface area contributed by atoms with Crippen LogP contribution in [0, 0.1) is 16.0 Å². The second-order valence-corrected chi connectivity index (χ2v) is 7.95. The minimum Gasteiger partial charge on any atom is -0.340 e. The number of nitrogens with one attached hydrogen (secondary N) is 2. The Hall–Kier alpha value is -3.98. The number of carbonyl (C=O) groups is 2. The van der Waals surface area contributed by atoms with Gasteiger partial charge in [-0.15, -0.1) is 0 Å². The van der Waals surface area contributed by atoms with Gasteiger partial charge < -0.3 is 9.88 Å². The molecule has 1 atom stereocenters. The summed E-state index contributed by atoms with van der Waals surface area (Å²) in [5.74, 6) is -1.03. The van der Waals surface area contributed by atoms with Crippen molar-refractivity contribution in [3.63, 3.8) is 0 Å². The van der Waals surface area contributed by atoms with Gasteiger partial charge in [0.05, 0.1) is 16.8 Å². The number of halogens is 1. The van der Waals surface area contributed by atoms with Crippen molar-refractivity contribution < 1.29 is 14.5 Å². The molecule has 2 N–H and O–H groups in total. The molecule has 10 heteroatoms. The summed E-state index contributed by atoms with van der Waals surface area (Å²) in [5, 5.41) is 18.1. The number of aromatic nitrogens is 1. The van der Waals surface area contributed by atoms with Crippen LogP contribution in [-0.4, -0.2) is 33.6 Å². The second-order valence-electron chi connectivity index (χ2n) is 7.51. The predicted octanol–water partition coefficient (Wildman–Crippen LogP) is 3.94. The van der Waals surface area contributed by atoms with Gasteiger partial charge in [-0.2, -0.15) is 5.10 Å². The van der Waals surface area contributed by atoms with Crippen LogP contribution in [-0.2, 0) is 4.79 Å². The van der Waals surface area contributed by atoms with Gasteiger partial charge in [-0.1, -0.05) is 25.4 Å². The molecule has 3 rings (SSSR count). The molecule has 0 fully saturated rings. The Morgan fingerprint density at radius 2 is 1.76 bits per heavy atom. The Kier molecular flexibility index (Phi) is 7.57. The third-order valence-electron chi connectivity index (χ3n) is 4.83. The number of nitro benzene ring substituents is 1. The maximum Gasteiger partial charge on any atom is 0.269 e. The van der Waals surface area contributed by atoms with Crippen LogP contribution >= 0.6 is 11.6 Å². The highest BCUT2D eigenvalue weighted by atomic mass is 35.5. The molecule has 0 aliphatic rings. The Balaban J connectivity index is 1.67. The van der Waals surface area contributed by atoms with Gasteiger partial charge in [0.15, 0.2) is 0 Å². The number of hydrogen-bond donors (Lipinski definition) is 2. The maximum absolute atomic E-state index is 12.7. The number of carbonyl (C=O) groups excluding carboxylic acids is 2. The summed E-state index contributed by atoms with van der Waals surface area (Å²) in [6.07, 6.45) is 3.23. The highest BCUT2D eigenvalue weighted by Gasteiger charge is 2.24. The number of amides is 2. The average molecular weight is 468 g/mol. The van der Waals surface area contributed by atoms with Gasteiger partial charge in [0, 0.05) is 34.6 Å². The van der Waals surface area contributed by atoms with Gasteiger partial charge in [0.25, 0.3) is 17.5 Å². The van der Waals surface area contributed by atoms with E-state index in [1.165, 1.54) is 18.3 Å². The lowest BCUT2D eigenvalue weighted by Gasteiger charge is -2.20. The van der Waals surface area contributed by atoms with Crippen molar-refractivity contribution in [2.45, 2.75) is 19.9 Å². The largest absolute Gasteiger partial charge is 0.340 e. The molecule has 0 saturated carbocycles. The molecule has 0 saturated heterocycles. The summed E-state index contributed by atoms with van der Waals surface area (Å²) in [6.45, 7) is 3.63. The van der Waals surface area contributed by atoms with Crippen LogP contribution in [0.4, 0.5) is 5.69 Å². The first-order valence-electron chi connectivity index (χ1n) is 10.1. The molecule has 0 aliphatic carbocycles. The van der Waals surface area contributed by atoms with Crippen molar-refractivity contribution in [1.82, 2.24) is 15.3 Å². The van der Waals surface area contributed by atoms with Crippen LogP contribution in [0.15, 0.2) is 72.0 Å². The molecular formula is C23H22ClN5O4. The minimum absolute atomic E-state index is 0.00578. The smallest absolute Gasteiger partial charge is 0.269 e. The van der Waals surface area contributed by atoms with Gasteiger partial charge in [-0.05, 0) is 54.4 Å². The zero-order valence-electron chi connectivity index (χ0n) is 17.9. The van der Waals surface area contributed by atoms with Gasteiger partial charge in [-0.3, -0.25) is 19.7 Å². The molecule has 0 aliphatic heterocycles. The number of hydrogen-bond acceptors (Lipinski definition) is 5. The van der Waals surface area contributed by atoms with E-state index in [-0.39, 0.29) is 11.6 Å². The van der Waals surface area contributed by atoms with Gasteiger partial charge in [0.2, 0.25) is 0 Å². The first-order chi connectivity index (χ1) is 15.8. The van der Waals surface area contributed by atoms with Crippen molar-refractivity contribution in [1.29, 1.82) is 0 Å². The minimum atomic E-state index is -0.799. The molecule has 0 bridgehead atoms. The molecule has 9 nitrogen and oxygen atoms in total. The monoisotopic (exact) mass is 467 g/mol. The molecule has 0 radical (unpaired) electrons. The molecule has 0 spiro atoms. The van der Waals surface area contributed by atoms with E-state index < -0.39 is 22.8 Å². The van der Waals surface area contributed by atoms with E-state index in [9.17, 15) is 19.7 Å². The van der Waals surface area contributed by atoms with Crippen molar-refractivity contribution in [2.24, 2.45) is 11.0 Å². The van der Waals surface area contributed by atoms with Crippen molar-refractivity contribution in [3.8, 4) is 5.69 Å². The second kappa shape index (κ2) is 10.6. The summed E-state index contributed by atoms with van der Waals surface area (Å²) < 4.78 is 1.77. The molecular weight excluding hydrogens is 446 g/mol. The predicted molar refractivity (Wildman–Crippen MR) is 126 cm³/mol. The summed E-state index contributed by atoms with van der Waals surface area (Å²) in [4.78, 5) is 35.5. The number of benzene rings is 2. The van der Waals surface area contributed by atoms with Crippen molar-refractivity contribution in [2.75, 3.05) is 0 Å². The molecule has 170 valence electrons. The summed E-state index contributed by atoms with van der Waals surface area (Å²) in [5.41, 5.74) is 4.20. The Labute approximate surface area is 195 Å². The van der Waals surface area contributed by atoms with Gasteiger partial charge in [0.1, 0.15) is 6.04 Å². The molecule has 33 heavy (non-hydrogen) atoms. The Morgan fingerprint density at radius 3 is 2.36 bits per heavy atom. The van der Waals surface area contributed by atoms with E-state index in [2.05, 4.69) is 15.8 Å². The summed E-state index contributed by atoms with van der Waals surface area (Å²) in [6, 6.07) is 15.2. The zero-order chi connectivity index (χ0) is 24.0. The number of non-ortho nitro benzene ring substituents is 1. The molecule has 1 aromatic heterocycles. The average Bonchev–Trinajstić information content (AvgIpc) is 3.26. The van der Waals surface area contributed by atoms with E-state index in [1.54, 1.807) is 59.3 Å². The fraction of sp³-hybridized carbons (Fsp3) is 0.174. The van der Waals surface area contributed by atoms with Gasteiger partial charge >= 0.3 is 0 Å². The van der Waals surface area contributed by atoms with Crippen molar-refractivity contribution >= 4 is 35.3 Å². The fourth-order valence-corrected chi connectivity index (χ4v) is 3.19. The van der Waals surface area contributed by atoms with E-state index in [0.29, 0.717) is 22.0 Å². The SMILES string of the molecule is CC(C)C(NC(=O)c1ccc(Cl)cc1)C(=O)N/N=C\c1cccn1-c1ccc([N+](=O)[O-])cc1. The number of hydrazone groups is 1. The maximum atomic E-state index is 12.7. The highest BCUT2D eigenvalue weighted by molar-refractivity contribution is 6.30. The quantitative estimate of drug-likeness (QED) is 0.296. The zero-order valence-corrected chi connectivity index (χ0v) is 18.7. The molecule has 2 aromatic carbocycles. The van der Waals surface area contributed by atoms with E-state index >= 15 is 0 Å². The highest BCUT2D eigenvalue weighted by Crippen LogP contribution is 2.17. The number of nitro groups is 1. The van der Waals surface area contributed by atoms with Crippen LogP contribution < -0.4 is 10.7 Å². The molecule has 2 amide bonds. The summed E-state index contributed by atoms with van der Waals surface area (Å²) in [7, 11) is 0. The molecule has 1 unspecified atom stereocenters. The number of rotatable bonds is 8. The normalized spacial score (nSPS) is 12.0. The van der Waals surface area contributed by atoms with Crippen LogP contribution in [0.1, 0.15) is 29.9 Å². The van der Waals surface area contributed by atoms with E-state index in [0.717, 1.165) is 0 Å². The Bertz CT molecular complexity index is 1170. The lowest BCUT2D eigenvalue weighted by molar-refractivity contribution is -0.384. The fourth-order valence-electron chi connectivity index (χ4n) is 3.06. The lowest BCUT2D eigenvalue weighted by Crippen LogP contribution is -2.48. The molecule has 3 aromatic rings. The first kappa shape index (κ1) is 23.7. The standard InChI is InChI=1S/C23H22ClN5O4/c1-15(2)21(26-22(30)16-5-7-17(24)8-6-16)23(31)27-25-14-20-4-3-13-28(20)18-9-11-19(12-10-18)29(32)33/h3-15,21H,1-2H3,(H,26,30)(H,27,31)/b25-14-. The van der Waals surface area contributed by atoms with Crippen LogP contribution in [0.3, 0.4) is 0 Å². The first-order valence-corrected chi connectivity index (χ1v) is 10.5. The third kappa shape index (κ3) is 6.05. The van der Waals surface area contributed by atoms with Crippen molar-refractivity contribution in [3.05, 3.63) is 93.3 Å². The van der Waals surface area contributed by atoms with E-state index in [1.807, 2.05) is 13.8 Å². The third-order valence-corrected chi connectivity index (χ3v) is 5.08. The summed E-state index contributed by atoms with van der Waals surface area (Å²) >= 11 is 5.85. The van der Waals surface area contributed by atoms with Crippen LogP contribution in [0.2, 0.25) is 5.02 Å². The van der Waals surface area contributed by atoms with Crippen LogP contribution in [0.5, 0.6) is 0 Å². The number of nitrogens with zero attached hydrogens (tertiary/aromatic N) is 3. The van der Waals surface area contributed by atoms with Gasteiger partial charge in [-0.25, -0.2) is 5.43 Å². The van der Waals surface area contributed by atoms with Crippen LogP contribution in [0.25, 0.3) is 5.69 Å². The lowest BCUT2D eigenvalue weighted by atomic mass is 10.0. The topological polar surface area (TPSA) is 119 Å². The van der Waals surface area contributed by atoms with E-state index in [4.69, 9.17) is 11.6 Å².